The Bertz CT molecular complexity index is 533. The molecular weight excluding hydrogens is 321 g/mol. The predicted molar refractivity (Wildman–Crippen MR) is 80.0 cm³/mol. The summed E-state index contributed by atoms with van der Waals surface area (Å²) >= 11 is 3.31. The SMILES string of the molecule is C[C@H](NC(=O)c1cc(F)ccc1Br)[C@H]1C[C@@H]2CC[C@@H]1C2. The number of halogens is 2. The van der Waals surface area contributed by atoms with E-state index in [1.54, 1.807) is 6.07 Å². The lowest BCUT2D eigenvalue weighted by Gasteiger charge is -2.28. The van der Waals surface area contributed by atoms with Gasteiger partial charge < -0.3 is 5.32 Å². The third-order valence-corrected chi connectivity index (χ3v) is 5.66. The van der Waals surface area contributed by atoms with E-state index < -0.39 is 0 Å². The summed E-state index contributed by atoms with van der Waals surface area (Å²) in [5.74, 6) is 1.65. The largest absolute Gasteiger partial charge is 0.349 e. The molecular formula is C16H19BrFNO. The highest BCUT2D eigenvalue weighted by molar-refractivity contribution is 9.10. The van der Waals surface area contributed by atoms with Crippen LogP contribution in [0.25, 0.3) is 0 Å². The van der Waals surface area contributed by atoms with E-state index in [2.05, 4.69) is 28.2 Å². The van der Waals surface area contributed by atoms with Gasteiger partial charge in [0.1, 0.15) is 5.82 Å². The number of nitrogens with one attached hydrogen (secondary N) is 1. The quantitative estimate of drug-likeness (QED) is 0.880. The molecule has 0 unspecified atom stereocenters. The minimum Gasteiger partial charge on any atom is -0.349 e. The number of rotatable bonds is 3. The van der Waals surface area contributed by atoms with Crippen LogP contribution in [0.3, 0.4) is 0 Å². The van der Waals surface area contributed by atoms with Crippen molar-refractivity contribution in [1.29, 1.82) is 0 Å². The van der Waals surface area contributed by atoms with Gasteiger partial charge in [-0.05, 0) is 78.1 Å². The van der Waals surface area contributed by atoms with Gasteiger partial charge >= 0.3 is 0 Å². The highest BCUT2D eigenvalue weighted by Crippen LogP contribution is 2.49. The maximum Gasteiger partial charge on any atom is 0.252 e. The molecule has 20 heavy (non-hydrogen) atoms. The summed E-state index contributed by atoms with van der Waals surface area (Å²) < 4.78 is 13.9. The monoisotopic (exact) mass is 339 g/mol. The van der Waals surface area contributed by atoms with Gasteiger partial charge in [0.2, 0.25) is 0 Å². The highest BCUT2D eigenvalue weighted by atomic mass is 79.9. The van der Waals surface area contributed by atoms with Crippen LogP contribution >= 0.6 is 15.9 Å². The molecule has 0 aromatic heterocycles. The molecule has 1 aromatic carbocycles. The van der Waals surface area contributed by atoms with Crippen molar-refractivity contribution in [3.05, 3.63) is 34.1 Å². The zero-order chi connectivity index (χ0) is 14.3. The van der Waals surface area contributed by atoms with Crippen LogP contribution in [-0.2, 0) is 0 Å². The zero-order valence-electron chi connectivity index (χ0n) is 11.5. The minimum atomic E-state index is -0.383. The predicted octanol–water partition coefficient (Wildman–Crippen LogP) is 4.14. The molecule has 0 spiro atoms. The van der Waals surface area contributed by atoms with Crippen LogP contribution in [0.2, 0.25) is 0 Å². The fourth-order valence-corrected chi connectivity index (χ4v) is 4.40. The maximum atomic E-state index is 13.3. The molecule has 2 bridgehead atoms. The van der Waals surface area contributed by atoms with Crippen LogP contribution < -0.4 is 5.32 Å². The highest BCUT2D eigenvalue weighted by Gasteiger charge is 2.42. The summed E-state index contributed by atoms with van der Waals surface area (Å²) in [5.41, 5.74) is 0.375. The Labute approximate surface area is 127 Å². The van der Waals surface area contributed by atoms with E-state index in [1.807, 2.05) is 0 Å². The second-order valence-electron chi connectivity index (χ2n) is 6.23. The summed E-state index contributed by atoms with van der Waals surface area (Å²) in [7, 11) is 0. The maximum absolute atomic E-state index is 13.3. The first kappa shape index (κ1) is 14.1. The molecule has 2 aliphatic rings. The molecule has 4 atom stereocenters. The number of hydrogen-bond acceptors (Lipinski definition) is 1. The first-order valence-electron chi connectivity index (χ1n) is 7.30. The van der Waals surface area contributed by atoms with E-state index in [-0.39, 0.29) is 17.8 Å². The van der Waals surface area contributed by atoms with E-state index in [0.717, 1.165) is 11.8 Å². The lowest BCUT2D eigenvalue weighted by molar-refractivity contribution is 0.0914. The molecule has 1 aromatic rings. The average molecular weight is 340 g/mol. The van der Waals surface area contributed by atoms with E-state index in [4.69, 9.17) is 0 Å². The third-order valence-electron chi connectivity index (χ3n) is 4.97. The molecule has 0 saturated heterocycles. The van der Waals surface area contributed by atoms with Crippen molar-refractivity contribution < 1.29 is 9.18 Å². The van der Waals surface area contributed by atoms with Crippen LogP contribution in [0.1, 0.15) is 43.0 Å². The van der Waals surface area contributed by atoms with Crippen molar-refractivity contribution >= 4 is 21.8 Å². The first-order valence-corrected chi connectivity index (χ1v) is 8.10. The van der Waals surface area contributed by atoms with Crippen molar-refractivity contribution in [2.24, 2.45) is 17.8 Å². The Hall–Kier alpha value is -0.900. The lowest BCUT2D eigenvalue weighted by Crippen LogP contribution is -2.40. The Morgan fingerprint density at radius 1 is 1.40 bits per heavy atom. The van der Waals surface area contributed by atoms with E-state index >= 15 is 0 Å². The smallest absolute Gasteiger partial charge is 0.252 e. The van der Waals surface area contributed by atoms with E-state index in [0.29, 0.717) is 16.0 Å². The van der Waals surface area contributed by atoms with Gasteiger partial charge in [-0.3, -0.25) is 4.79 Å². The first-order chi connectivity index (χ1) is 9.54. The summed E-state index contributed by atoms with van der Waals surface area (Å²) in [4.78, 5) is 12.3. The molecule has 1 N–H and O–H groups in total. The topological polar surface area (TPSA) is 29.1 Å². The summed E-state index contributed by atoms with van der Waals surface area (Å²) in [5, 5.41) is 3.06. The fraction of sp³-hybridized carbons (Fsp3) is 0.562. The second-order valence-corrected chi connectivity index (χ2v) is 7.08. The van der Waals surface area contributed by atoms with Gasteiger partial charge in [0.15, 0.2) is 0 Å². The molecule has 2 nitrogen and oxygen atoms in total. The Kier molecular flexibility index (Phi) is 3.85. The van der Waals surface area contributed by atoms with E-state index in [9.17, 15) is 9.18 Å². The number of fused-ring (bicyclic) bond motifs is 2. The molecule has 1 amide bonds. The number of hydrogen-bond donors (Lipinski definition) is 1. The van der Waals surface area contributed by atoms with Gasteiger partial charge in [-0.25, -0.2) is 4.39 Å². The molecule has 0 aliphatic heterocycles. The molecule has 2 aliphatic carbocycles. The Morgan fingerprint density at radius 2 is 2.20 bits per heavy atom. The van der Waals surface area contributed by atoms with Gasteiger partial charge in [-0.1, -0.05) is 6.42 Å². The van der Waals surface area contributed by atoms with Crippen LogP contribution in [0.4, 0.5) is 4.39 Å². The van der Waals surface area contributed by atoms with E-state index in [1.165, 1.54) is 37.8 Å². The third kappa shape index (κ3) is 2.62. The van der Waals surface area contributed by atoms with Crippen molar-refractivity contribution in [3.8, 4) is 0 Å². The second kappa shape index (κ2) is 5.47. The lowest BCUT2D eigenvalue weighted by atomic mass is 9.84. The minimum absolute atomic E-state index is 0.160. The van der Waals surface area contributed by atoms with Crippen LogP contribution in [0.15, 0.2) is 22.7 Å². The number of amides is 1. The van der Waals surface area contributed by atoms with Crippen LogP contribution in [-0.4, -0.2) is 11.9 Å². The van der Waals surface area contributed by atoms with Gasteiger partial charge in [0.05, 0.1) is 5.56 Å². The fourth-order valence-electron chi connectivity index (χ4n) is 3.97. The molecule has 108 valence electrons. The molecule has 0 radical (unpaired) electrons. The Balaban J connectivity index is 1.68. The molecule has 2 saturated carbocycles. The molecule has 2 fully saturated rings. The summed E-state index contributed by atoms with van der Waals surface area (Å²) in [6, 6.07) is 4.37. The standard InChI is InChI=1S/C16H19BrFNO/c1-9(13-7-10-2-3-11(13)6-10)19-16(20)14-8-12(18)4-5-15(14)17/h4-5,8-11,13H,2-3,6-7H2,1H3,(H,19,20)/t9-,10+,11+,13+/m0/s1. The van der Waals surface area contributed by atoms with Crippen molar-refractivity contribution in [2.45, 2.75) is 38.6 Å². The summed E-state index contributed by atoms with van der Waals surface area (Å²) in [6.45, 7) is 2.08. The molecule has 4 heteroatoms. The summed E-state index contributed by atoms with van der Waals surface area (Å²) in [6.07, 6.45) is 5.22. The van der Waals surface area contributed by atoms with Gasteiger partial charge in [-0.15, -0.1) is 0 Å². The molecule has 0 heterocycles. The van der Waals surface area contributed by atoms with Crippen LogP contribution in [0, 0.1) is 23.6 Å². The number of carbonyl (C=O) groups is 1. The van der Waals surface area contributed by atoms with Gasteiger partial charge in [-0.2, -0.15) is 0 Å². The number of benzene rings is 1. The average Bonchev–Trinajstić information content (AvgIpc) is 3.03. The number of carbonyl (C=O) groups excluding carboxylic acids is 1. The van der Waals surface area contributed by atoms with Crippen molar-refractivity contribution in [1.82, 2.24) is 5.32 Å². The zero-order valence-corrected chi connectivity index (χ0v) is 13.1. The van der Waals surface area contributed by atoms with Crippen molar-refractivity contribution in [2.75, 3.05) is 0 Å². The molecule has 3 rings (SSSR count). The normalized spacial score (nSPS) is 29.4. The van der Waals surface area contributed by atoms with Crippen molar-refractivity contribution in [3.63, 3.8) is 0 Å². The van der Waals surface area contributed by atoms with Gasteiger partial charge in [0.25, 0.3) is 5.91 Å². The van der Waals surface area contributed by atoms with Crippen LogP contribution in [0.5, 0.6) is 0 Å². The van der Waals surface area contributed by atoms with Gasteiger partial charge in [0, 0.05) is 10.5 Å². The Morgan fingerprint density at radius 3 is 2.85 bits per heavy atom.